The van der Waals surface area contributed by atoms with E-state index in [1.165, 1.54) is 0 Å². The summed E-state index contributed by atoms with van der Waals surface area (Å²) < 4.78 is 5.43. The van der Waals surface area contributed by atoms with Crippen LogP contribution in [-0.2, 0) is 9.53 Å². The summed E-state index contributed by atoms with van der Waals surface area (Å²) in [7, 11) is 0. The van der Waals surface area contributed by atoms with Crippen molar-refractivity contribution in [1.29, 1.82) is 0 Å². The molecule has 0 aliphatic rings. The highest BCUT2D eigenvalue weighted by Gasteiger charge is 2.37. The first-order chi connectivity index (χ1) is 8.38. The van der Waals surface area contributed by atoms with Crippen LogP contribution in [0.3, 0.4) is 0 Å². The lowest BCUT2D eigenvalue weighted by molar-refractivity contribution is -0.163. The second kappa shape index (κ2) is 6.71. The van der Waals surface area contributed by atoms with E-state index < -0.39 is 17.3 Å². The minimum absolute atomic E-state index is 0.146. The minimum Gasteiger partial charge on any atom is -0.462 e. The van der Waals surface area contributed by atoms with Crippen LogP contribution in [0.4, 0.5) is 0 Å². The Bertz CT molecular complexity index is 286. The Hall–Kier alpha value is -0.610. The van der Waals surface area contributed by atoms with Gasteiger partial charge < -0.3 is 14.9 Å². The third-order valence-corrected chi connectivity index (χ3v) is 3.51. The van der Waals surface area contributed by atoms with Crippen LogP contribution in [0.5, 0.6) is 0 Å². The molecule has 0 aliphatic carbocycles. The van der Waals surface area contributed by atoms with Crippen LogP contribution in [0.25, 0.3) is 0 Å². The van der Waals surface area contributed by atoms with Gasteiger partial charge in [0.15, 0.2) is 0 Å². The van der Waals surface area contributed by atoms with Crippen molar-refractivity contribution in [1.82, 2.24) is 0 Å². The number of esters is 1. The molecule has 0 saturated carbocycles. The topological polar surface area (TPSA) is 66.8 Å². The molecule has 4 nitrogen and oxygen atoms in total. The van der Waals surface area contributed by atoms with E-state index in [0.717, 1.165) is 6.42 Å². The molecule has 0 aromatic rings. The first-order valence-electron chi connectivity index (χ1n) is 7.03. The largest absolute Gasteiger partial charge is 0.462 e. The highest BCUT2D eigenvalue weighted by atomic mass is 16.5. The molecule has 0 spiro atoms. The quantitative estimate of drug-likeness (QED) is 0.700. The normalized spacial score (nSPS) is 17.7. The molecule has 4 heteroatoms. The standard InChI is InChI=1S/C15H30O4/c1-8-10(2)13(16)19-11(3)12(15(6,7)18)9-14(4,5)17/h10-12,17-18H,8-9H2,1-7H3. The average Bonchev–Trinajstić information content (AvgIpc) is 2.21. The predicted octanol–water partition coefficient (Wildman–Crippen LogP) is 2.51. The van der Waals surface area contributed by atoms with Gasteiger partial charge in [-0.15, -0.1) is 0 Å². The number of carbonyl (C=O) groups excluding carboxylic acids is 1. The third-order valence-electron chi connectivity index (χ3n) is 3.51. The predicted molar refractivity (Wildman–Crippen MR) is 75.7 cm³/mol. The van der Waals surface area contributed by atoms with Crippen LogP contribution in [0.2, 0.25) is 0 Å². The molecule has 0 rings (SSSR count). The summed E-state index contributed by atoms with van der Waals surface area (Å²) in [4.78, 5) is 11.8. The summed E-state index contributed by atoms with van der Waals surface area (Å²) >= 11 is 0. The Morgan fingerprint density at radius 3 is 1.95 bits per heavy atom. The molecular formula is C15H30O4. The summed E-state index contributed by atoms with van der Waals surface area (Å²) in [5, 5.41) is 20.2. The number of hydrogen-bond donors (Lipinski definition) is 2. The summed E-state index contributed by atoms with van der Waals surface area (Å²) in [6, 6.07) is 0. The van der Waals surface area contributed by atoms with Gasteiger partial charge in [0.2, 0.25) is 0 Å². The van der Waals surface area contributed by atoms with Gasteiger partial charge in [0.05, 0.1) is 17.1 Å². The molecule has 0 heterocycles. The number of aliphatic hydroxyl groups is 2. The Kier molecular flexibility index (Phi) is 6.49. The minimum atomic E-state index is -1.02. The first kappa shape index (κ1) is 18.4. The molecule has 3 atom stereocenters. The molecular weight excluding hydrogens is 244 g/mol. The zero-order valence-corrected chi connectivity index (χ0v) is 13.4. The van der Waals surface area contributed by atoms with Gasteiger partial charge >= 0.3 is 5.97 Å². The van der Waals surface area contributed by atoms with Crippen molar-refractivity contribution in [2.45, 2.75) is 78.6 Å². The fourth-order valence-corrected chi connectivity index (χ4v) is 2.08. The van der Waals surface area contributed by atoms with Gasteiger partial charge in [-0.2, -0.15) is 0 Å². The van der Waals surface area contributed by atoms with Gasteiger partial charge in [-0.1, -0.05) is 13.8 Å². The highest BCUT2D eigenvalue weighted by Crippen LogP contribution is 2.31. The van der Waals surface area contributed by atoms with Crippen LogP contribution in [0.15, 0.2) is 0 Å². The van der Waals surface area contributed by atoms with Gasteiger partial charge in [-0.05, 0) is 47.5 Å². The molecule has 0 saturated heterocycles. The second-order valence-corrected chi connectivity index (χ2v) is 6.73. The number of hydrogen-bond acceptors (Lipinski definition) is 4. The van der Waals surface area contributed by atoms with Crippen molar-refractivity contribution < 1.29 is 19.7 Å². The Morgan fingerprint density at radius 1 is 1.16 bits per heavy atom. The van der Waals surface area contributed by atoms with Crippen molar-refractivity contribution in [2.24, 2.45) is 11.8 Å². The van der Waals surface area contributed by atoms with Crippen LogP contribution < -0.4 is 0 Å². The molecule has 0 bridgehead atoms. The molecule has 0 aromatic carbocycles. The maximum atomic E-state index is 11.8. The lowest BCUT2D eigenvalue weighted by Gasteiger charge is -2.37. The number of rotatable bonds is 7. The van der Waals surface area contributed by atoms with Gasteiger partial charge in [0.25, 0.3) is 0 Å². The molecule has 0 amide bonds. The third kappa shape index (κ3) is 6.92. The SMILES string of the molecule is CCC(C)C(=O)OC(C)C(CC(C)(C)O)C(C)(C)O. The van der Waals surface area contributed by atoms with Crippen LogP contribution in [0.1, 0.15) is 61.3 Å². The van der Waals surface area contributed by atoms with E-state index in [9.17, 15) is 15.0 Å². The molecule has 0 radical (unpaired) electrons. The molecule has 0 aliphatic heterocycles. The highest BCUT2D eigenvalue weighted by molar-refractivity contribution is 5.72. The van der Waals surface area contributed by atoms with E-state index in [1.807, 2.05) is 13.8 Å². The average molecular weight is 274 g/mol. The lowest BCUT2D eigenvalue weighted by atomic mass is 9.79. The summed E-state index contributed by atoms with van der Waals surface area (Å²) in [5.74, 6) is -0.715. The first-order valence-corrected chi connectivity index (χ1v) is 7.03. The molecule has 3 unspecified atom stereocenters. The fraction of sp³-hybridized carbons (Fsp3) is 0.933. The van der Waals surface area contributed by atoms with Gasteiger partial charge in [-0.3, -0.25) is 4.79 Å². The molecule has 0 fully saturated rings. The zero-order chi connectivity index (χ0) is 15.4. The van der Waals surface area contributed by atoms with Crippen LogP contribution in [-0.4, -0.2) is 33.5 Å². The van der Waals surface area contributed by atoms with Crippen LogP contribution in [0, 0.1) is 11.8 Å². The van der Waals surface area contributed by atoms with Crippen molar-refractivity contribution in [3.63, 3.8) is 0 Å². The van der Waals surface area contributed by atoms with Crippen molar-refractivity contribution >= 4 is 5.97 Å². The van der Waals surface area contributed by atoms with E-state index in [-0.39, 0.29) is 17.8 Å². The molecule has 0 aromatic heterocycles. The van der Waals surface area contributed by atoms with Gasteiger partial charge in [-0.25, -0.2) is 0 Å². The Labute approximate surface area is 117 Å². The fourth-order valence-electron chi connectivity index (χ4n) is 2.08. The van der Waals surface area contributed by atoms with Gasteiger partial charge in [0, 0.05) is 5.92 Å². The molecule has 2 N–H and O–H groups in total. The maximum Gasteiger partial charge on any atom is 0.308 e. The van der Waals surface area contributed by atoms with E-state index in [2.05, 4.69) is 0 Å². The van der Waals surface area contributed by atoms with E-state index in [0.29, 0.717) is 6.42 Å². The van der Waals surface area contributed by atoms with Crippen molar-refractivity contribution in [3.8, 4) is 0 Å². The Morgan fingerprint density at radius 2 is 1.63 bits per heavy atom. The smallest absolute Gasteiger partial charge is 0.308 e. The summed E-state index contributed by atoms with van der Waals surface area (Å²) in [6.45, 7) is 12.3. The molecule has 19 heavy (non-hydrogen) atoms. The summed E-state index contributed by atoms with van der Waals surface area (Å²) in [6.07, 6.45) is 0.656. The lowest BCUT2D eigenvalue weighted by Crippen LogP contribution is -2.44. The molecule has 114 valence electrons. The van der Waals surface area contributed by atoms with Crippen molar-refractivity contribution in [2.75, 3.05) is 0 Å². The zero-order valence-electron chi connectivity index (χ0n) is 13.4. The van der Waals surface area contributed by atoms with Crippen LogP contribution >= 0.6 is 0 Å². The maximum absolute atomic E-state index is 11.8. The van der Waals surface area contributed by atoms with E-state index in [1.54, 1.807) is 34.6 Å². The van der Waals surface area contributed by atoms with Crippen molar-refractivity contribution in [3.05, 3.63) is 0 Å². The monoisotopic (exact) mass is 274 g/mol. The number of carbonyl (C=O) groups is 1. The van der Waals surface area contributed by atoms with Gasteiger partial charge in [0.1, 0.15) is 6.10 Å². The second-order valence-electron chi connectivity index (χ2n) is 6.73. The Balaban J connectivity index is 4.83. The van der Waals surface area contributed by atoms with E-state index in [4.69, 9.17) is 4.74 Å². The number of ether oxygens (including phenoxy) is 1. The summed E-state index contributed by atoms with van der Waals surface area (Å²) in [5.41, 5.74) is -1.93. The van der Waals surface area contributed by atoms with E-state index >= 15 is 0 Å².